The van der Waals surface area contributed by atoms with Gasteiger partial charge in [-0.15, -0.1) is 0 Å². The van der Waals surface area contributed by atoms with Crippen LogP contribution in [-0.2, 0) is 4.79 Å². The lowest BCUT2D eigenvalue weighted by Crippen LogP contribution is -2.37. The van der Waals surface area contributed by atoms with Gasteiger partial charge in [0.1, 0.15) is 0 Å². The van der Waals surface area contributed by atoms with E-state index in [1.807, 2.05) is 17.9 Å². The van der Waals surface area contributed by atoms with Gasteiger partial charge in [0, 0.05) is 37.1 Å². The Bertz CT molecular complexity index is 550. The van der Waals surface area contributed by atoms with E-state index in [4.69, 9.17) is 11.6 Å². The molecule has 0 atom stereocenters. The first kappa shape index (κ1) is 16.3. The minimum atomic E-state index is -0.0768. The van der Waals surface area contributed by atoms with E-state index < -0.39 is 0 Å². The van der Waals surface area contributed by atoms with Crippen LogP contribution in [0.3, 0.4) is 0 Å². The molecule has 4 nitrogen and oxygen atoms in total. The van der Waals surface area contributed by atoms with Crippen molar-refractivity contribution >= 4 is 39.3 Å². The summed E-state index contributed by atoms with van der Waals surface area (Å²) in [6, 6.07) is 5.34. The minimum absolute atomic E-state index is 0.0768. The first-order valence-electron chi connectivity index (χ1n) is 7.05. The van der Waals surface area contributed by atoms with E-state index in [-0.39, 0.29) is 11.8 Å². The molecule has 0 bridgehead atoms. The molecule has 1 aliphatic rings. The molecule has 2 rings (SSSR count). The zero-order chi connectivity index (χ0) is 15.4. The second-order valence-electron chi connectivity index (χ2n) is 4.98. The predicted octanol–water partition coefficient (Wildman–Crippen LogP) is 3.19. The summed E-state index contributed by atoms with van der Waals surface area (Å²) in [5.41, 5.74) is 0.501. The van der Waals surface area contributed by atoms with Crippen molar-refractivity contribution in [1.29, 1.82) is 0 Å². The summed E-state index contributed by atoms with van der Waals surface area (Å²) in [6.07, 6.45) is 1.30. The monoisotopic (exact) mass is 372 g/mol. The second-order valence-corrected chi connectivity index (χ2v) is 6.21. The topological polar surface area (TPSA) is 40.6 Å². The number of amides is 2. The van der Waals surface area contributed by atoms with Gasteiger partial charge in [0.2, 0.25) is 5.91 Å². The standard InChI is InChI=1S/C15H18BrClN2O2/c1-2-13(20)18-7-4-8-19(10-9-18)15(21)11-5-3-6-12(16)14(11)17/h3,5-6H,2,4,7-10H2,1H3. The molecule has 0 aromatic heterocycles. The van der Waals surface area contributed by atoms with Crippen LogP contribution >= 0.6 is 27.5 Å². The molecule has 2 amide bonds. The van der Waals surface area contributed by atoms with Crippen LogP contribution in [0, 0.1) is 0 Å². The zero-order valence-corrected chi connectivity index (χ0v) is 14.3. The molecule has 1 fully saturated rings. The summed E-state index contributed by atoms with van der Waals surface area (Å²) >= 11 is 9.53. The molecule has 1 aliphatic heterocycles. The predicted molar refractivity (Wildman–Crippen MR) is 86.5 cm³/mol. The molecule has 0 unspecified atom stereocenters. The summed E-state index contributed by atoms with van der Waals surface area (Å²) in [5.74, 6) is 0.0666. The number of halogens is 2. The normalized spacial score (nSPS) is 15.8. The average Bonchev–Trinajstić information content (AvgIpc) is 2.74. The molecule has 0 saturated carbocycles. The quantitative estimate of drug-likeness (QED) is 0.799. The van der Waals surface area contributed by atoms with E-state index in [1.54, 1.807) is 17.0 Å². The highest BCUT2D eigenvalue weighted by Crippen LogP contribution is 2.27. The summed E-state index contributed by atoms with van der Waals surface area (Å²) < 4.78 is 0.715. The van der Waals surface area contributed by atoms with Gasteiger partial charge < -0.3 is 9.80 Å². The summed E-state index contributed by atoms with van der Waals surface area (Å²) in [5, 5.41) is 0.438. The maximum absolute atomic E-state index is 12.6. The lowest BCUT2D eigenvalue weighted by molar-refractivity contribution is -0.130. The number of rotatable bonds is 2. The highest BCUT2D eigenvalue weighted by atomic mass is 79.9. The number of carbonyl (C=O) groups excluding carboxylic acids is 2. The lowest BCUT2D eigenvalue weighted by atomic mass is 10.2. The summed E-state index contributed by atoms with van der Waals surface area (Å²) in [7, 11) is 0. The van der Waals surface area contributed by atoms with Crippen molar-refractivity contribution in [2.45, 2.75) is 19.8 Å². The molecule has 1 heterocycles. The van der Waals surface area contributed by atoms with Crippen LogP contribution in [0.1, 0.15) is 30.1 Å². The van der Waals surface area contributed by atoms with Gasteiger partial charge in [-0.1, -0.05) is 24.6 Å². The Labute approximate surface area is 138 Å². The first-order chi connectivity index (χ1) is 10.0. The maximum atomic E-state index is 12.6. The van der Waals surface area contributed by atoms with E-state index in [0.717, 1.165) is 6.42 Å². The van der Waals surface area contributed by atoms with E-state index in [1.165, 1.54) is 0 Å². The van der Waals surface area contributed by atoms with Gasteiger partial charge in [-0.25, -0.2) is 0 Å². The molecule has 0 aliphatic carbocycles. The van der Waals surface area contributed by atoms with Crippen molar-refractivity contribution in [2.24, 2.45) is 0 Å². The number of hydrogen-bond acceptors (Lipinski definition) is 2. The van der Waals surface area contributed by atoms with Gasteiger partial charge in [0.15, 0.2) is 0 Å². The number of nitrogens with zero attached hydrogens (tertiary/aromatic N) is 2. The number of hydrogen-bond donors (Lipinski definition) is 0. The Hall–Kier alpha value is -1.07. The van der Waals surface area contributed by atoms with Crippen molar-refractivity contribution in [3.8, 4) is 0 Å². The molecule has 0 N–H and O–H groups in total. The Balaban J connectivity index is 2.10. The molecular formula is C15H18BrClN2O2. The van der Waals surface area contributed by atoms with Gasteiger partial charge in [-0.3, -0.25) is 9.59 Å². The lowest BCUT2D eigenvalue weighted by Gasteiger charge is -2.22. The Morgan fingerprint density at radius 2 is 1.86 bits per heavy atom. The molecule has 21 heavy (non-hydrogen) atoms. The Morgan fingerprint density at radius 1 is 1.19 bits per heavy atom. The van der Waals surface area contributed by atoms with Gasteiger partial charge in [-0.05, 0) is 34.5 Å². The molecule has 0 spiro atoms. The van der Waals surface area contributed by atoms with Gasteiger partial charge >= 0.3 is 0 Å². The first-order valence-corrected chi connectivity index (χ1v) is 8.22. The minimum Gasteiger partial charge on any atom is -0.341 e. The Kier molecular flexibility index (Phi) is 5.65. The van der Waals surface area contributed by atoms with Crippen molar-refractivity contribution in [2.75, 3.05) is 26.2 Å². The van der Waals surface area contributed by atoms with E-state index in [0.29, 0.717) is 47.7 Å². The van der Waals surface area contributed by atoms with E-state index >= 15 is 0 Å². The van der Waals surface area contributed by atoms with Crippen LogP contribution in [0.25, 0.3) is 0 Å². The summed E-state index contributed by atoms with van der Waals surface area (Å²) in [6.45, 7) is 4.35. The third-order valence-electron chi connectivity index (χ3n) is 3.62. The van der Waals surface area contributed by atoms with Gasteiger partial charge in [0.05, 0.1) is 10.6 Å². The van der Waals surface area contributed by atoms with Crippen LogP contribution in [0.15, 0.2) is 22.7 Å². The fraction of sp³-hybridized carbons (Fsp3) is 0.467. The van der Waals surface area contributed by atoms with E-state index in [9.17, 15) is 9.59 Å². The smallest absolute Gasteiger partial charge is 0.255 e. The second kappa shape index (κ2) is 7.27. The van der Waals surface area contributed by atoms with Crippen LogP contribution in [0.5, 0.6) is 0 Å². The third kappa shape index (κ3) is 3.77. The van der Waals surface area contributed by atoms with Crippen molar-refractivity contribution < 1.29 is 9.59 Å². The van der Waals surface area contributed by atoms with Crippen molar-refractivity contribution in [1.82, 2.24) is 9.80 Å². The largest absolute Gasteiger partial charge is 0.341 e. The molecule has 0 radical (unpaired) electrons. The van der Waals surface area contributed by atoms with Crippen LogP contribution < -0.4 is 0 Å². The number of carbonyl (C=O) groups is 2. The van der Waals surface area contributed by atoms with E-state index in [2.05, 4.69) is 15.9 Å². The molecule has 6 heteroatoms. The maximum Gasteiger partial charge on any atom is 0.255 e. The average molecular weight is 374 g/mol. The Morgan fingerprint density at radius 3 is 2.57 bits per heavy atom. The SMILES string of the molecule is CCC(=O)N1CCCN(C(=O)c2cccc(Br)c2Cl)CC1. The fourth-order valence-electron chi connectivity index (χ4n) is 2.43. The molecule has 1 aromatic rings. The van der Waals surface area contributed by atoms with Crippen LogP contribution in [0.2, 0.25) is 5.02 Å². The third-order valence-corrected chi connectivity index (χ3v) is 4.92. The van der Waals surface area contributed by atoms with Crippen molar-refractivity contribution in [3.05, 3.63) is 33.3 Å². The zero-order valence-electron chi connectivity index (χ0n) is 11.9. The summed E-state index contributed by atoms with van der Waals surface area (Å²) in [4.78, 5) is 28.0. The highest BCUT2D eigenvalue weighted by Gasteiger charge is 2.23. The molecular weight excluding hydrogens is 356 g/mol. The van der Waals surface area contributed by atoms with Crippen molar-refractivity contribution in [3.63, 3.8) is 0 Å². The van der Waals surface area contributed by atoms with Gasteiger partial charge in [-0.2, -0.15) is 0 Å². The van der Waals surface area contributed by atoms with Crippen LogP contribution in [0.4, 0.5) is 0 Å². The molecule has 1 saturated heterocycles. The van der Waals surface area contributed by atoms with Crippen LogP contribution in [-0.4, -0.2) is 47.8 Å². The highest BCUT2D eigenvalue weighted by molar-refractivity contribution is 9.10. The number of benzene rings is 1. The molecule has 1 aromatic carbocycles. The fourth-order valence-corrected chi connectivity index (χ4v) is 3.01. The van der Waals surface area contributed by atoms with Gasteiger partial charge in [0.25, 0.3) is 5.91 Å². The molecule has 114 valence electrons.